The van der Waals surface area contributed by atoms with Gasteiger partial charge in [0.2, 0.25) is 5.91 Å². The van der Waals surface area contributed by atoms with Crippen molar-refractivity contribution in [3.8, 4) is 5.75 Å². The third-order valence-electron chi connectivity index (χ3n) is 4.16. The Bertz CT molecular complexity index is 885. The van der Waals surface area contributed by atoms with Gasteiger partial charge in [0.15, 0.2) is 0 Å². The number of amides is 1. The number of hydrogen-bond acceptors (Lipinski definition) is 3. The summed E-state index contributed by atoms with van der Waals surface area (Å²) in [6, 6.07) is 9.76. The van der Waals surface area contributed by atoms with Crippen molar-refractivity contribution in [3.05, 3.63) is 58.8 Å². The molecule has 1 amide bonds. The molecule has 124 valence electrons. The van der Waals surface area contributed by atoms with Crippen LogP contribution in [-0.2, 0) is 11.2 Å². The van der Waals surface area contributed by atoms with Crippen LogP contribution in [0.5, 0.6) is 5.75 Å². The summed E-state index contributed by atoms with van der Waals surface area (Å²) in [4.78, 5) is 12.5. The molecule has 0 radical (unpaired) electrons. The van der Waals surface area contributed by atoms with Gasteiger partial charge in [0.25, 0.3) is 0 Å². The summed E-state index contributed by atoms with van der Waals surface area (Å²) < 4.78 is 10.7. The third-order valence-corrected chi connectivity index (χ3v) is 4.16. The van der Waals surface area contributed by atoms with Crippen molar-refractivity contribution in [2.24, 2.45) is 0 Å². The molecule has 0 aliphatic heterocycles. The maximum atomic E-state index is 12.5. The van der Waals surface area contributed by atoms with Gasteiger partial charge in [0.1, 0.15) is 11.3 Å². The number of hydrogen-bond donors (Lipinski definition) is 1. The maximum absolute atomic E-state index is 12.5. The Kier molecular flexibility index (Phi) is 4.30. The standard InChI is InChI=1S/C20H21NO3/c1-12-7-13(2)20(14(3)8-12)21-19(22)9-15-11-24-18-10-16(23-4)5-6-17(15)18/h5-8,10-11H,9H2,1-4H3,(H,21,22). The first-order valence-electron chi connectivity index (χ1n) is 7.89. The summed E-state index contributed by atoms with van der Waals surface area (Å²) in [6.45, 7) is 6.07. The van der Waals surface area contributed by atoms with E-state index in [1.165, 1.54) is 5.56 Å². The van der Waals surface area contributed by atoms with Crippen molar-refractivity contribution < 1.29 is 13.9 Å². The van der Waals surface area contributed by atoms with E-state index in [0.29, 0.717) is 0 Å². The number of rotatable bonds is 4. The lowest BCUT2D eigenvalue weighted by atomic mass is 10.0. The first kappa shape index (κ1) is 16.1. The summed E-state index contributed by atoms with van der Waals surface area (Å²) >= 11 is 0. The fourth-order valence-corrected chi connectivity index (χ4v) is 3.06. The van der Waals surface area contributed by atoms with Gasteiger partial charge in [-0.2, -0.15) is 0 Å². The second-order valence-corrected chi connectivity index (χ2v) is 6.12. The molecule has 1 N–H and O–H groups in total. The number of methoxy groups -OCH3 is 1. The summed E-state index contributed by atoms with van der Waals surface area (Å²) in [5, 5.41) is 3.96. The Labute approximate surface area is 141 Å². The van der Waals surface area contributed by atoms with Crippen molar-refractivity contribution >= 4 is 22.6 Å². The predicted octanol–water partition coefficient (Wildman–Crippen LogP) is 4.55. The molecule has 0 spiro atoms. The second-order valence-electron chi connectivity index (χ2n) is 6.12. The van der Waals surface area contributed by atoms with Gasteiger partial charge in [0, 0.05) is 22.7 Å². The predicted molar refractivity (Wildman–Crippen MR) is 95.8 cm³/mol. The number of fused-ring (bicyclic) bond motifs is 1. The van der Waals surface area contributed by atoms with Gasteiger partial charge in [0.05, 0.1) is 19.8 Å². The lowest BCUT2D eigenvalue weighted by Gasteiger charge is -2.12. The minimum atomic E-state index is -0.0522. The van der Waals surface area contributed by atoms with Gasteiger partial charge in [-0.15, -0.1) is 0 Å². The van der Waals surface area contributed by atoms with Crippen molar-refractivity contribution in [2.45, 2.75) is 27.2 Å². The molecule has 0 atom stereocenters. The minimum absolute atomic E-state index is 0.0522. The zero-order valence-electron chi connectivity index (χ0n) is 14.4. The molecule has 4 heteroatoms. The second kappa shape index (κ2) is 6.40. The van der Waals surface area contributed by atoms with Crippen molar-refractivity contribution in [1.82, 2.24) is 0 Å². The molecular formula is C20H21NO3. The van der Waals surface area contributed by atoms with Crippen LogP contribution in [0, 0.1) is 20.8 Å². The Balaban J connectivity index is 1.81. The van der Waals surface area contributed by atoms with Crippen molar-refractivity contribution in [1.29, 1.82) is 0 Å². The highest BCUT2D eigenvalue weighted by Gasteiger charge is 2.13. The molecule has 0 bridgehead atoms. The highest BCUT2D eigenvalue weighted by Crippen LogP contribution is 2.27. The molecular weight excluding hydrogens is 302 g/mol. The normalized spacial score (nSPS) is 10.8. The summed E-state index contributed by atoms with van der Waals surface area (Å²) in [7, 11) is 1.62. The molecule has 1 aromatic heterocycles. The summed E-state index contributed by atoms with van der Waals surface area (Å²) in [6.07, 6.45) is 1.91. The van der Waals surface area contributed by atoms with Gasteiger partial charge in [-0.05, 0) is 44.0 Å². The molecule has 1 heterocycles. The lowest BCUT2D eigenvalue weighted by molar-refractivity contribution is -0.115. The molecule has 0 saturated carbocycles. The SMILES string of the molecule is COc1ccc2c(CC(=O)Nc3c(C)cc(C)cc3C)coc2c1. The van der Waals surface area contributed by atoms with E-state index in [2.05, 4.69) is 24.4 Å². The number of nitrogens with one attached hydrogen (secondary N) is 1. The average molecular weight is 323 g/mol. The molecule has 3 rings (SSSR count). The Morgan fingerprint density at radius 3 is 2.50 bits per heavy atom. The summed E-state index contributed by atoms with van der Waals surface area (Å²) in [5.41, 5.74) is 5.82. The molecule has 0 aliphatic rings. The highest BCUT2D eigenvalue weighted by atomic mass is 16.5. The average Bonchev–Trinajstić information content (AvgIpc) is 2.93. The maximum Gasteiger partial charge on any atom is 0.228 e. The van der Waals surface area contributed by atoms with E-state index < -0.39 is 0 Å². The van der Waals surface area contributed by atoms with E-state index in [0.717, 1.165) is 39.1 Å². The molecule has 2 aromatic carbocycles. The smallest absolute Gasteiger partial charge is 0.228 e. The molecule has 4 nitrogen and oxygen atoms in total. The zero-order valence-corrected chi connectivity index (χ0v) is 14.4. The first-order chi connectivity index (χ1) is 11.5. The van der Waals surface area contributed by atoms with Gasteiger partial charge >= 0.3 is 0 Å². The van der Waals surface area contributed by atoms with Gasteiger partial charge < -0.3 is 14.5 Å². The number of aryl methyl sites for hydroxylation is 3. The van der Waals surface area contributed by atoms with Crippen LogP contribution < -0.4 is 10.1 Å². The van der Waals surface area contributed by atoms with Crippen LogP contribution >= 0.6 is 0 Å². The van der Waals surface area contributed by atoms with Gasteiger partial charge in [-0.25, -0.2) is 0 Å². The van der Waals surface area contributed by atoms with Crippen molar-refractivity contribution in [2.75, 3.05) is 12.4 Å². The highest BCUT2D eigenvalue weighted by molar-refractivity contribution is 5.96. The molecule has 0 unspecified atom stereocenters. The van der Waals surface area contributed by atoms with E-state index in [-0.39, 0.29) is 12.3 Å². The van der Waals surface area contributed by atoms with E-state index in [1.54, 1.807) is 13.4 Å². The fraction of sp³-hybridized carbons (Fsp3) is 0.250. The van der Waals surface area contributed by atoms with E-state index in [9.17, 15) is 4.79 Å². The number of carbonyl (C=O) groups excluding carboxylic acids is 1. The molecule has 0 saturated heterocycles. The third kappa shape index (κ3) is 3.13. The van der Waals surface area contributed by atoms with E-state index in [4.69, 9.17) is 9.15 Å². The molecule has 24 heavy (non-hydrogen) atoms. The first-order valence-corrected chi connectivity index (χ1v) is 7.89. The topological polar surface area (TPSA) is 51.5 Å². The van der Waals surface area contributed by atoms with Crippen LogP contribution in [0.1, 0.15) is 22.3 Å². The Morgan fingerprint density at radius 1 is 1.12 bits per heavy atom. The fourth-order valence-electron chi connectivity index (χ4n) is 3.06. The largest absolute Gasteiger partial charge is 0.497 e. The molecule has 0 aliphatic carbocycles. The van der Waals surface area contributed by atoms with Crippen LogP contribution in [-0.4, -0.2) is 13.0 Å². The van der Waals surface area contributed by atoms with Crippen LogP contribution in [0.15, 0.2) is 41.0 Å². The number of ether oxygens (including phenoxy) is 1. The van der Waals surface area contributed by atoms with Crippen molar-refractivity contribution in [3.63, 3.8) is 0 Å². The molecule has 0 fully saturated rings. The molecule has 3 aromatic rings. The Morgan fingerprint density at radius 2 is 1.83 bits per heavy atom. The van der Waals surface area contributed by atoms with Crippen LogP contribution in [0.2, 0.25) is 0 Å². The van der Waals surface area contributed by atoms with Crippen LogP contribution in [0.25, 0.3) is 11.0 Å². The minimum Gasteiger partial charge on any atom is -0.497 e. The van der Waals surface area contributed by atoms with Crippen LogP contribution in [0.3, 0.4) is 0 Å². The van der Waals surface area contributed by atoms with E-state index >= 15 is 0 Å². The van der Waals surface area contributed by atoms with Gasteiger partial charge in [-0.1, -0.05) is 17.7 Å². The number of anilines is 1. The quantitative estimate of drug-likeness (QED) is 0.766. The Hall–Kier alpha value is -2.75. The monoisotopic (exact) mass is 323 g/mol. The summed E-state index contributed by atoms with van der Waals surface area (Å²) in [5.74, 6) is 0.683. The zero-order chi connectivity index (χ0) is 17.3. The number of carbonyl (C=O) groups is 1. The van der Waals surface area contributed by atoms with Gasteiger partial charge in [-0.3, -0.25) is 4.79 Å². The van der Waals surface area contributed by atoms with Crippen LogP contribution in [0.4, 0.5) is 5.69 Å². The number of benzene rings is 2. The van der Waals surface area contributed by atoms with E-state index in [1.807, 2.05) is 32.0 Å². The number of furan rings is 1. The lowest BCUT2D eigenvalue weighted by Crippen LogP contribution is -2.16.